The molecule has 0 radical (unpaired) electrons. The molecule has 5 nitrogen and oxygen atoms in total. The first kappa shape index (κ1) is 26.4. The number of carbonyl (C=O) groups is 2. The van der Waals surface area contributed by atoms with Gasteiger partial charge in [-0.1, -0.05) is 60.7 Å². The topological polar surface area (TPSA) is 94.8 Å². The Bertz CT molecular complexity index is 1520. The zero-order chi connectivity index (χ0) is 27.6. The summed E-state index contributed by atoms with van der Waals surface area (Å²) in [6.07, 6.45) is 2.98. The molecule has 192 valence electrons. The number of ketones is 2. The first-order valence-electron chi connectivity index (χ1n) is 12.3. The van der Waals surface area contributed by atoms with Gasteiger partial charge >= 0.3 is 0 Å². The standard InChI is InChI=1S/C23H24O3.C10H6O2/c1-13-11-21(25)15(3)9-18(13)23(17-7-5-6-8-20(17)24)19-10-16(4)22(26)12-14(19)2;11-9-6-5-7-3-1-2-4-8(7)10(9)12/h5-12,23-26H,1-4H3;1-6H. The van der Waals surface area contributed by atoms with Crippen LogP contribution >= 0.6 is 0 Å². The molecule has 0 spiro atoms. The third-order valence-corrected chi connectivity index (χ3v) is 6.88. The molecule has 0 fully saturated rings. The van der Waals surface area contributed by atoms with Crippen molar-refractivity contribution in [3.8, 4) is 17.2 Å². The molecule has 4 aromatic rings. The van der Waals surface area contributed by atoms with Crippen LogP contribution in [-0.2, 0) is 4.79 Å². The Labute approximate surface area is 222 Å². The van der Waals surface area contributed by atoms with Crippen LogP contribution in [0.4, 0.5) is 0 Å². The van der Waals surface area contributed by atoms with Gasteiger partial charge in [-0.25, -0.2) is 0 Å². The van der Waals surface area contributed by atoms with Crippen molar-refractivity contribution in [2.45, 2.75) is 33.6 Å². The molecule has 0 bridgehead atoms. The highest BCUT2D eigenvalue weighted by atomic mass is 16.3. The van der Waals surface area contributed by atoms with Crippen molar-refractivity contribution in [3.05, 3.63) is 129 Å². The average molecular weight is 507 g/mol. The number of hydrogen-bond acceptors (Lipinski definition) is 5. The van der Waals surface area contributed by atoms with Gasteiger partial charge in [0.15, 0.2) is 0 Å². The number of allylic oxidation sites excluding steroid dienone is 1. The molecule has 3 N–H and O–H groups in total. The fourth-order valence-electron chi connectivity index (χ4n) is 4.73. The number of Topliss-reactive ketones (excluding diaryl/α,β-unsaturated/α-hetero) is 1. The number of aryl methyl sites for hydroxylation is 4. The fourth-order valence-corrected chi connectivity index (χ4v) is 4.73. The number of aromatic hydroxyl groups is 3. The van der Waals surface area contributed by atoms with E-state index < -0.39 is 11.6 Å². The van der Waals surface area contributed by atoms with Crippen molar-refractivity contribution in [3.63, 3.8) is 0 Å². The maximum absolute atomic E-state index is 11.2. The van der Waals surface area contributed by atoms with Gasteiger partial charge in [-0.3, -0.25) is 9.59 Å². The number of rotatable bonds is 3. The number of phenolic OH excluding ortho intramolecular Hbond substituents is 3. The van der Waals surface area contributed by atoms with Crippen LogP contribution in [0, 0.1) is 27.7 Å². The summed E-state index contributed by atoms with van der Waals surface area (Å²) in [7, 11) is 0. The molecular formula is C33H30O5. The summed E-state index contributed by atoms with van der Waals surface area (Å²) in [6.45, 7) is 7.67. The van der Waals surface area contributed by atoms with Crippen LogP contribution in [0.15, 0.2) is 78.9 Å². The van der Waals surface area contributed by atoms with Crippen LogP contribution in [0.2, 0.25) is 0 Å². The van der Waals surface area contributed by atoms with E-state index >= 15 is 0 Å². The van der Waals surface area contributed by atoms with E-state index in [4.69, 9.17) is 0 Å². The Hall–Kier alpha value is -4.64. The predicted octanol–water partition coefficient (Wildman–Crippen LogP) is 6.68. The summed E-state index contributed by atoms with van der Waals surface area (Å²) in [5.74, 6) is -0.286. The van der Waals surface area contributed by atoms with Gasteiger partial charge in [0, 0.05) is 17.0 Å². The van der Waals surface area contributed by atoms with Crippen molar-refractivity contribution in [2.24, 2.45) is 0 Å². The SMILES string of the molecule is Cc1cc(C(c2cc(C)c(O)cc2C)c2ccccc2O)c(C)cc1O.O=C1C=Cc2ccccc2C1=O. The van der Waals surface area contributed by atoms with Crippen molar-refractivity contribution in [2.75, 3.05) is 0 Å². The number of carbonyl (C=O) groups excluding carboxylic acids is 2. The smallest absolute Gasteiger partial charge is 0.233 e. The lowest BCUT2D eigenvalue weighted by Crippen LogP contribution is -2.15. The van der Waals surface area contributed by atoms with Crippen LogP contribution in [0.5, 0.6) is 17.2 Å². The molecule has 5 heteroatoms. The van der Waals surface area contributed by atoms with Gasteiger partial charge in [0.1, 0.15) is 17.2 Å². The van der Waals surface area contributed by atoms with Crippen molar-refractivity contribution in [1.82, 2.24) is 0 Å². The second-order valence-corrected chi connectivity index (χ2v) is 9.60. The first-order chi connectivity index (χ1) is 18.1. The van der Waals surface area contributed by atoms with E-state index in [0.717, 1.165) is 44.5 Å². The molecule has 0 unspecified atom stereocenters. The third-order valence-electron chi connectivity index (χ3n) is 6.88. The minimum atomic E-state index is -0.436. The van der Waals surface area contributed by atoms with E-state index in [-0.39, 0.29) is 23.2 Å². The van der Waals surface area contributed by atoms with Crippen LogP contribution in [-0.4, -0.2) is 26.9 Å². The first-order valence-corrected chi connectivity index (χ1v) is 12.3. The quantitative estimate of drug-likeness (QED) is 0.213. The Balaban J connectivity index is 0.000000232. The van der Waals surface area contributed by atoms with E-state index in [0.29, 0.717) is 5.56 Å². The lowest BCUT2D eigenvalue weighted by atomic mass is 9.79. The maximum atomic E-state index is 11.2. The molecule has 0 saturated carbocycles. The summed E-state index contributed by atoms with van der Waals surface area (Å²) in [4.78, 5) is 22.1. The van der Waals surface area contributed by atoms with E-state index in [9.17, 15) is 24.9 Å². The van der Waals surface area contributed by atoms with Crippen LogP contribution in [0.1, 0.15) is 60.8 Å². The molecule has 0 aromatic heterocycles. The Morgan fingerprint density at radius 3 is 1.66 bits per heavy atom. The monoisotopic (exact) mass is 506 g/mol. The third kappa shape index (κ3) is 5.23. The molecule has 0 heterocycles. The summed E-state index contributed by atoms with van der Waals surface area (Å²) in [5, 5.41) is 30.6. The lowest BCUT2D eigenvalue weighted by molar-refractivity contribution is -0.110. The number of fused-ring (bicyclic) bond motifs is 1. The van der Waals surface area contributed by atoms with Gasteiger partial charge in [0.05, 0.1) is 0 Å². The molecule has 4 aromatic carbocycles. The van der Waals surface area contributed by atoms with Crippen molar-refractivity contribution < 1.29 is 24.9 Å². The van der Waals surface area contributed by atoms with Crippen molar-refractivity contribution >= 4 is 17.6 Å². The van der Waals surface area contributed by atoms with E-state index in [1.54, 1.807) is 42.5 Å². The van der Waals surface area contributed by atoms with Crippen LogP contribution in [0.3, 0.4) is 0 Å². The van der Waals surface area contributed by atoms with Crippen molar-refractivity contribution in [1.29, 1.82) is 0 Å². The second-order valence-electron chi connectivity index (χ2n) is 9.60. The van der Waals surface area contributed by atoms with Gasteiger partial charge in [0.2, 0.25) is 11.6 Å². The summed E-state index contributed by atoms with van der Waals surface area (Å²) in [5.41, 5.74) is 7.65. The molecule has 0 aliphatic heterocycles. The Morgan fingerprint density at radius 1 is 0.553 bits per heavy atom. The van der Waals surface area contributed by atoms with Gasteiger partial charge < -0.3 is 15.3 Å². The fraction of sp³-hybridized carbons (Fsp3) is 0.152. The molecule has 0 saturated heterocycles. The van der Waals surface area contributed by atoms with Gasteiger partial charge in [-0.15, -0.1) is 0 Å². The normalized spacial score (nSPS) is 12.2. The van der Waals surface area contributed by atoms with E-state index in [1.165, 1.54) is 6.08 Å². The number of hydrogen-bond donors (Lipinski definition) is 3. The molecule has 0 atom stereocenters. The van der Waals surface area contributed by atoms with Gasteiger partial charge in [-0.05, 0) is 90.9 Å². The van der Waals surface area contributed by atoms with Gasteiger partial charge in [-0.2, -0.15) is 0 Å². The lowest BCUT2D eigenvalue weighted by Gasteiger charge is -2.25. The average Bonchev–Trinajstić information content (AvgIpc) is 2.89. The summed E-state index contributed by atoms with van der Waals surface area (Å²) < 4.78 is 0. The highest BCUT2D eigenvalue weighted by Gasteiger charge is 2.24. The van der Waals surface area contributed by atoms with Crippen LogP contribution in [0.25, 0.3) is 6.08 Å². The number of para-hydroxylation sites is 1. The molecule has 38 heavy (non-hydrogen) atoms. The molecular weight excluding hydrogens is 476 g/mol. The summed E-state index contributed by atoms with van der Waals surface area (Å²) in [6, 6.07) is 21.9. The number of phenols is 3. The highest BCUT2D eigenvalue weighted by molar-refractivity contribution is 6.49. The molecule has 0 amide bonds. The maximum Gasteiger partial charge on any atom is 0.233 e. The molecule has 5 rings (SSSR count). The predicted molar refractivity (Wildman–Crippen MR) is 149 cm³/mol. The second kappa shape index (κ2) is 10.8. The Morgan fingerprint density at radius 2 is 1.08 bits per heavy atom. The highest BCUT2D eigenvalue weighted by Crippen LogP contribution is 2.42. The molecule has 1 aliphatic carbocycles. The van der Waals surface area contributed by atoms with Gasteiger partial charge in [0.25, 0.3) is 0 Å². The van der Waals surface area contributed by atoms with E-state index in [2.05, 4.69) is 0 Å². The van der Waals surface area contributed by atoms with E-state index in [1.807, 2.05) is 64.1 Å². The minimum Gasteiger partial charge on any atom is -0.508 e. The van der Waals surface area contributed by atoms with Crippen LogP contribution < -0.4 is 0 Å². The largest absolute Gasteiger partial charge is 0.508 e. The number of benzene rings is 4. The molecule has 1 aliphatic rings. The summed E-state index contributed by atoms with van der Waals surface area (Å²) >= 11 is 0. The zero-order valence-corrected chi connectivity index (χ0v) is 21.8. The Kier molecular flexibility index (Phi) is 7.49. The zero-order valence-electron chi connectivity index (χ0n) is 21.8. The minimum absolute atomic E-state index is 0.199.